The van der Waals surface area contributed by atoms with E-state index in [9.17, 15) is 14.7 Å². The summed E-state index contributed by atoms with van der Waals surface area (Å²) < 4.78 is 15.8. The predicted octanol–water partition coefficient (Wildman–Crippen LogP) is -0.359. The van der Waals surface area contributed by atoms with E-state index in [1.54, 1.807) is 18.2 Å². The van der Waals surface area contributed by atoms with Crippen LogP contribution in [0.25, 0.3) is 0 Å². The van der Waals surface area contributed by atoms with Gasteiger partial charge in [-0.05, 0) is 38.7 Å². The molecule has 1 unspecified atom stereocenters. The van der Waals surface area contributed by atoms with Crippen LogP contribution in [0.15, 0.2) is 18.2 Å². The normalized spacial score (nSPS) is 18.7. The summed E-state index contributed by atoms with van der Waals surface area (Å²) in [6.45, 7) is 1.32. The van der Waals surface area contributed by atoms with E-state index >= 15 is 0 Å². The zero-order valence-electron chi connectivity index (χ0n) is 17.7. The number of ether oxygens (including phenoxy) is 3. The van der Waals surface area contributed by atoms with Crippen molar-refractivity contribution in [2.75, 3.05) is 40.6 Å². The molecular weight excluding hydrogens is 428 g/mol. The molecule has 3 N–H and O–H groups in total. The van der Waals surface area contributed by atoms with Gasteiger partial charge in [0.1, 0.15) is 6.04 Å². The number of nitrogens with zero attached hydrogens (tertiary/aromatic N) is 2. The van der Waals surface area contributed by atoms with Crippen LogP contribution in [0.5, 0.6) is 11.5 Å². The Morgan fingerprint density at radius 1 is 1.12 bits per heavy atom. The number of carboxylic acids is 2. The monoisotopic (exact) mass is 454 g/mol. The summed E-state index contributed by atoms with van der Waals surface area (Å²) in [5, 5.41) is 24.7. The molecule has 0 aromatic heterocycles. The molecule has 0 saturated carbocycles. The van der Waals surface area contributed by atoms with Crippen molar-refractivity contribution in [3.05, 3.63) is 23.8 Å². The maximum absolute atomic E-state index is 12.8. The van der Waals surface area contributed by atoms with E-state index in [2.05, 4.69) is 0 Å². The number of hydrogen-bond acceptors (Lipinski definition) is 9. The van der Waals surface area contributed by atoms with Gasteiger partial charge in [0.05, 0.1) is 12.7 Å². The second-order valence-corrected chi connectivity index (χ2v) is 7.37. The molecule has 0 aliphatic carbocycles. The fourth-order valence-corrected chi connectivity index (χ4v) is 3.11. The van der Waals surface area contributed by atoms with Crippen molar-refractivity contribution in [1.82, 2.24) is 9.80 Å². The number of fused-ring (bicyclic) bond motifs is 1. The van der Waals surface area contributed by atoms with Crippen LogP contribution in [0.1, 0.15) is 23.2 Å². The Morgan fingerprint density at radius 3 is 2.41 bits per heavy atom. The number of β-amino-alcohol motifs (C(OH)–C–C–N with tert-alkyl or cyclic N) is 1. The van der Waals surface area contributed by atoms with Gasteiger partial charge in [-0.2, -0.15) is 0 Å². The number of benzene rings is 1. The lowest BCUT2D eigenvalue weighted by molar-refractivity contribution is -0.159. The molecule has 2 aliphatic rings. The first kappa shape index (κ1) is 24.9. The van der Waals surface area contributed by atoms with Gasteiger partial charge in [0.2, 0.25) is 6.79 Å². The fourth-order valence-electron chi connectivity index (χ4n) is 3.11. The molecular formula is C20H26N2O10. The van der Waals surface area contributed by atoms with Crippen LogP contribution in [0.2, 0.25) is 0 Å². The molecule has 2 atom stereocenters. The van der Waals surface area contributed by atoms with Crippen LogP contribution in [0.3, 0.4) is 0 Å². The number of amides is 1. The quantitative estimate of drug-likeness (QED) is 0.292. The molecule has 0 radical (unpaired) electrons. The lowest BCUT2D eigenvalue weighted by Gasteiger charge is -2.23. The average molecular weight is 454 g/mol. The third-order valence-corrected chi connectivity index (χ3v) is 4.61. The third-order valence-electron chi connectivity index (χ3n) is 4.61. The standard InChI is InChI=1S/C18H24N2O6.C2H2O4/c1-19(2)6-3-7-24-18(23)14-9-13(21)10-20(14)17(22)12-4-5-15-16(8-12)26-11-25-15;3-1(4)2(5)6/h4-5,8,13-14,21H,3,6-7,9-11H2,1-2H3;(H,3,4)(H,5,6)/t13-,14?;/m1./s1. The minimum absolute atomic E-state index is 0.102. The molecule has 0 bridgehead atoms. The van der Waals surface area contributed by atoms with E-state index in [0.29, 0.717) is 23.5 Å². The number of likely N-dealkylation sites (tertiary alicyclic amines) is 1. The van der Waals surface area contributed by atoms with Crippen LogP contribution < -0.4 is 9.47 Å². The minimum atomic E-state index is -1.82. The lowest BCUT2D eigenvalue weighted by Crippen LogP contribution is -2.41. The Kier molecular flexibility index (Phi) is 8.79. The van der Waals surface area contributed by atoms with Gasteiger partial charge in [-0.25, -0.2) is 14.4 Å². The van der Waals surface area contributed by atoms with E-state index in [4.69, 9.17) is 34.0 Å². The number of esters is 1. The first-order valence-electron chi connectivity index (χ1n) is 9.76. The summed E-state index contributed by atoms with van der Waals surface area (Å²) in [5.74, 6) is -3.38. The van der Waals surface area contributed by atoms with Gasteiger partial charge in [0.25, 0.3) is 5.91 Å². The second kappa shape index (κ2) is 11.3. The Labute approximate surface area is 183 Å². The Morgan fingerprint density at radius 2 is 1.78 bits per heavy atom. The molecule has 2 aliphatic heterocycles. The fraction of sp³-hybridized carbons (Fsp3) is 0.500. The van der Waals surface area contributed by atoms with Gasteiger partial charge in [0, 0.05) is 25.1 Å². The molecule has 1 amide bonds. The molecule has 1 aromatic carbocycles. The maximum Gasteiger partial charge on any atom is 0.414 e. The molecule has 12 heteroatoms. The third kappa shape index (κ3) is 6.82. The van der Waals surface area contributed by atoms with Gasteiger partial charge in [-0.1, -0.05) is 0 Å². The number of aliphatic carboxylic acids is 2. The topological polar surface area (TPSA) is 163 Å². The number of aliphatic hydroxyl groups is 1. The molecule has 1 saturated heterocycles. The van der Waals surface area contributed by atoms with Crippen molar-refractivity contribution >= 4 is 23.8 Å². The number of carboxylic acid groups (broad SMARTS) is 2. The number of carbonyl (C=O) groups is 4. The van der Waals surface area contributed by atoms with Crippen molar-refractivity contribution in [2.24, 2.45) is 0 Å². The number of aliphatic hydroxyl groups excluding tert-OH is 1. The molecule has 1 fully saturated rings. The SMILES string of the molecule is CN(C)CCCOC(=O)C1C[C@@H](O)CN1C(=O)c1ccc2c(c1)OCO2.O=C(O)C(=O)O. The number of carbonyl (C=O) groups excluding carboxylic acids is 2. The molecule has 32 heavy (non-hydrogen) atoms. The molecule has 12 nitrogen and oxygen atoms in total. The summed E-state index contributed by atoms with van der Waals surface area (Å²) >= 11 is 0. The highest BCUT2D eigenvalue weighted by atomic mass is 16.7. The van der Waals surface area contributed by atoms with Gasteiger partial charge in [-0.3, -0.25) is 4.79 Å². The zero-order chi connectivity index (χ0) is 23.8. The van der Waals surface area contributed by atoms with Gasteiger partial charge in [-0.15, -0.1) is 0 Å². The van der Waals surface area contributed by atoms with E-state index < -0.39 is 30.1 Å². The van der Waals surface area contributed by atoms with Crippen molar-refractivity contribution in [2.45, 2.75) is 25.0 Å². The van der Waals surface area contributed by atoms with Gasteiger partial charge >= 0.3 is 17.9 Å². The molecule has 0 spiro atoms. The Hall–Kier alpha value is -3.38. The van der Waals surface area contributed by atoms with E-state index in [-0.39, 0.29) is 32.3 Å². The summed E-state index contributed by atoms with van der Waals surface area (Å²) in [6, 6.07) is 4.10. The highest BCUT2D eigenvalue weighted by Crippen LogP contribution is 2.33. The summed E-state index contributed by atoms with van der Waals surface area (Å²) in [7, 11) is 3.89. The van der Waals surface area contributed by atoms with E-state index in [0.717, 1.165) is 6.54 Å². The highest BCUT2D eigenvalue weighted by Gasteiger charge is 2.40. The summed E-state index contributed by atoms with van der Waals surface area (Å²) in [4.78, 5) is 46.8. The van der Waals surface area contributed by atoms with Crippen molar-refractivity contribution in [3.8, 4) is 11.5 Å². The van der Waals surface area contributed by atoms with Crippen molar-refractivity contribution < 1.29 is 48.7 Å². The van der Waals surface area contributed by atoms with Crippen LogP contribution in [-0.2, 0) is 19.1 Å². The average Bonchev–Trinajstić information content (AvgIpc) is 3.36. The minimum Gasteiger partial charge on any atom is -0.473 e. The van der Waals surface area contributed by atoms with Gasteiger partial charge in [0.15, 0.2) is 11.5 Å². The second-order valence-electron chi connectivity index (χ2n) is 7.37. The van der Waals surface area contributed by atoms with E-state index in [1.165, 1.54) is 4.90 Å². The molecule has 176 valence electrons. The van der Waals surface area contributed by atoms with Crippen molar-refractivity contribution in [3.63, 3.8) is 0 Å². The highest BCUT2D eigenvalue weighted by molar-refractivity contribution is 6.27. The van der Waals surface area contributed by atoms with Crippen LogP contribution in [-0.4, -0.2) is 102 Å². The van der Waals surface area contributed by atoms with Crippen LogP contribution in [0, 0.1) is 0 Å². The van der Waals surface area contributed by atoms with Gasteiger partial charge < -0.3 is 39.3 Å². The maximum atomic E-state index is 12.8. The lowest BCUT2D eigenvalue weighted by atomic mass is 10.1. The number of hydrogen-bond donors (Lipinski definition) is 3. The zero-order valence-corrected chi connectivity index (χ0v) is 17.7. The Bertz CT molecular complexity index is 845. The summed E-state index contributed by atoms with van der Waals surface area (Å²) in [6.07, 6.45) is 0.153. The number of rotatable bonds is 6. The molecule has 2 heterocycles. The smallest absolute Gasteiger partial charge is 0.414 e. The van der Waals surface area contributed by atoms with Crippen LogP contribution >= 0.6 is 0 Å². The first-order valence-corrected chi connectivity index (χ1v) is 9.76. The van der Waals surface area contributed by atoms with E-state index in [1.807, 2.05) is 19.0 Å². The molecule has 3 rings (SSSR count). The van der Waals surface area contributed by atoms with Crippen LogP contribution in [0.4, 0.5) is 0 Å². The first-order chi connectivity index (χ1) is 15.1. The predicted molar refractivity (Wildman–Crippen MR) is 107 cm³/mol. The largest absolute Gasteiger partial charge is 0.473 e. The summed E-state index contributed by atoms with van der Waals surface area (Å²) in [5.41, 5.74) is 0.383. The Balaban J connectivity index is 0.000000534. The molecule has 1 aromatic rings. The van der Waals surface area contributed by atoms with Crippen molar-refractivity contribution in [1.29, 1.82) is 0 Å².